The number of aromatic nitrogens is 3. The van der Waals surface area contributed by atoms with Crippen LogP contribution in [0.5, 0.6) is 5.88 Å². The summed E-state index contributed by atoms with van der Waals surface area (Å²) in [6.07, 6.45) is 0.775. The molecule has 1 saturated heterocycles. The molecule has 1 atom stereocenters. The Balaban J connectivity index is 1.74. The third kappa shape index (κ3) is 3.47. The molecular weight excluding hydrogens is 358 g/mol. The van der Waals surface area contributed by atoms with Crippen LogP contribution in [-0.2, 0) is 6.42 Å². The van der Waals surface area contributed by atoms with E-state index < -0.39 is 0 Å². The van der Waals surface area contributed by atoms with Crippen LogP contribution in [0.4, 0.5) is 0 Å². The van der Waals surface area contributed by atoms with Crippen LogP contribution in [0.15, 0.2) is 24.3 Å². The maximum atomic E-state index is 11.0. The van der Waals surface area contributed by atoms with Gasteiger partial charge in [-0.25, -0.2) is 4.98 Å². The van der Waals surface area contributed by atoms with Crippen LogP contribution in [0.1, 0.15) is 41.7 Å². The van der Waals surface area contributed by atoms with Gasteiger partial charge in [-0.2, -0.15) is 4.52 Å². The second-order valence-corrected chi connectivity index (χ2v) is 8.48. The molecule has 2 aromatic heterocycles. The lowest BCUT2D eigenvalue weighted by Gasteiger charge is -2.34. The second kappa shape index (κ2) is 7.58. The van der Waals surface area contributed by atoms with Gasteiger partial charge in [-0.05, 0) is 13.8 Å². The van der Waals surface area contributed by atoms with Gasteiger partial charge in [-0.15, -0.1) is 5.10 Å². The second-order valence-electron chi connectivity index (χ2n) is 7.47. The summed E-state index contributed by atoms with van der Waals surface area (Å²) in [7, 11) is 0. The largest absolute Gasteiger partial charge is 0.492 e. The third-order valence-electron chi connectivity index (χ3n) is 5.74. The molecule has 0 aliphatic carbocycles. The molecule has 7 heteroatoms. The maximum Gasteiger partial charge on any atom is 0.235 e. The standard InChI is InChI=1S/C20H27N5OS/c1-4-16-21-20-25(22-16)19(26)18(27-20)17(15-8-6-14(3)7-9-15)24-12-10-23(5-2)11-13-24/h6-9,17,26H,4-5,10-13H2,1-3H3/p+2/t17-/m0/s1. The number of thiazole rings is 1. The Kier molecular flexibility index (Phi) is 5.16. The SMILES string of the molecule is CCc1nc2sc([C@H](c3ccc(C)cc3)[NH+]3CC[NH+](CC)CC3)c(O)n2n1. The van der Waals surface area contributed by atoms with Gasteiger partial charge in [0, 0.05) is 12.0 Å². The average Bonchev–Trinajstić information content (AvgIpc) is 3.23. The van der Waals surface area contributed by atoms with Crippen molar-refractivity contribution in [1.29, 1.82) is 0 Å². The fraction of sp³-hybridized carbons (Fsp3) is 0.500. The van der Waals surface area contributed by atoms with Gasteiger partial charge in [0.25, 0.3) is 0 Å². The van der Waals surface area contributed by atoms with Crippen LogP contribution >= 0.6 is 11.3 Å². The lowest BCUT2D eigenvalue weighted by molar-refractivity contribution is -1.02. The summed E-state index contributed by atoms with van der Waals surface area (Å²) in [6.45, 7) is 12.2. The first-order chi connectivity index (χ1) is 13.1. The molecule has 0 bridgehead atoms. The first-order valence-corrected chi connectivity index (χ1v) is 10.7. The minimum Gasteiger partial charge on any atom is -0.492 e. The first-order valence-electron chi connectivity index (χ1n) is 9.92. The Labute approximate surface area is 164 Å². The van der Waals surface area contributed by atoms with Gasteiger partial charge >= 0.3 is 0 Å². The number of fused-ring (bicyclic) bond motifs is 1. The molecule has 4 rings (SSSR count). The Morgan fingerprint density at radius 1 is 1.15 bits per heavy atom. The number of hydrogen-bond acceptors (Lipinski definition) is 4. The lowest BCUT2D eigenvalue weighted by atomic mass is 10.0. The molecule has 3 heterocycles. The van der Waals surface area contributed by atoms with Crippen molar-refractivity contribution in [2.24, 2.45) is 0 Å². The molecule has 0 unspecified atom stereocenters. The quantitative estimate of drug-likeness (QED) is 0.589. The Morgan fingerprint density at radius 3 is 2.44 bits per heavy atom. The van der Waals surface area contributed by atoms with Crippen LogP contribution < -0.4 is 9.80 Å². The van der Waals surface area contributed by atoms with Gasteiger partial charge in [0.2, 0.25) is 10.8 Å². The van der Waals surface area contributed by atoms with Crippen LogP contribution in [0.2, 0.25) is 0 Å². The molecule has 3 aromatic rings. The van der Waals surface area contributed by atoms with Crippen molar-refractivity contribution >= 4 is 16.3 Å². The van der Waals surface area contributed by atoms with Gasteiger partial charge in [-0.1, -0.05) is 48.1 Å². The van der Waals surface area contributed by atoms with Gasteiger partial charge < -0.3 is 14.9 Å². The van der Waals surface area contributed by atoms with E-state index >= 15 is 0 Å². The zero-order valence-electron chi connectivity index (χ0n) is 16.3. The number of benzene rings is 1. The number of aryl methyl sites for hydroxylation is 2. The summed E-state index contributed by atoms with van der Waals surface area (Å²) >= 11 is 1.58. The molecule has 0 saturated carbocycles. The highest BCUT2D eigenvalue weighted by Gasteiger charge is 2.35. The predicted molar refractivity (Wildman–Crippen MR) is 107 cm³/mol. The molecule has 0 radical (unpaired) electrons. The molecule has 6 nitrogen and oxygen atoms in total. The summed E-state index contributed by atoms with van der Waals surface area (Å²) in [5.74, 6) is 1.04. The molecule has 1 fully saturated rings. The Hall–Kier alpha value is -1.96. The number of quaternary nitrogens is 2. The smallest absolute Gasteiger partial charge is 0.235 e. The van der Waals surface area contributed by atoms with E-state index in [1.54, 1.807) is 20.8 Å². The van der Waals surface area contributed by atoms with Crippen molar-refractivity contribution in [2.45, 2.75) is 33.2 Å². The normalized spacial score (nSPS) is 21.6. The highest BCUT2D eigenvalue weighted by Crippen LogP contribution is 2.35. The van der Waals surface area contributed by atoms with E-state index in [0.29, 0.717) is 0 Å². The van der Waals surface area contributed by atoms with E-state index in [1.165, 1.54) is 35.7 Å². The van der Waals surface area contributed by atoms with Crippen LogP contribution in [0.25, 0.3) is 4.96 Å². The zero-order chi connectivity index (χ0) is 19.0. The summed E-state index contributed by atoms with van der Waals surface area (Å²) in [4.78, 5) is 9.52. The third-order valence-corrected chi connectivity index (χ3v) is 6.83. The van der Waals surface area contributed by atoms with Crippen molar-refractivity contribution < 1.29 is 14.9 Å². The molecule has 1 aliphatic heterocycles. The Morgan fingerprint density at radius 2 is 1.85 bits per heavy atom. The Bertz CT molecular complexity index is 908. The maximum absolute atomic E-state index is 11.0. The number of nitrogens with one attached hydrogen (secondary N) is 2. The van der Waals surface area contributed by atoms with E-state index in [9.17, 15) is 5.11 Å². The van der Waals surface area contributed by atoms with E-state index in [-0.39, 0.29) is 11.9 Å². The predicted octanol–water partition coefficient (Wildman–Crippen LogP) is 0.260. The zero-order valence-corrected chi connectivity index (χ0v) is 17.1. The highest BCUT2D eigenvalue weighted by molar-refractivity contribution is 7.17. The lowest BCUT2D eigenvalue weighted by Crippen LogP contribution is -3.28. The van der Waals surface area contributed by atoms with Gasteiger partial charge in [0.15, 0.2) is 11.9 Å². The van der Waals surface area contributed by atoms with Crippen molar-refractivity contribution in [3.8, 4) is 5.88 Å². The average molecular weight is 388 g/mol. The summed E-state index contributed by atoms with van der Waals surface area (Å²) in [5.41, 5.74) is 2.51. The van der Waals surface area contributed by atoms with Crippen LogP contribution in [0.3, 0.4) is 0 Å². The number of likely N-dealkylation sites (N-methyl/N-ethyl adjacent to an activating group) is 1. The van der Waals surface area contributed by atoms with E-state index in [1.807, 2.05) is 6.92 Å². The van der Waals surface area contributed by atoms with Gasteiger partial charge in [0.1, 0.15) is 31.1 Å². The summed E-state index contributed by atoms with van der Waals surface area (Å²) in [6, 6.07) is 8.87. The highest BCUT2D eigenvalue weighted by atomic mass is 32.1. The van der Waals surface area contributed by atoms with Crippen molar-refractivity contribution in [3.05, 3.63) is 46.1 Å². The van der Waals surface area contributed by atoms with Crippen LogP contribution in [-0.4, -0.2) is 52.4 Å². The number of rotatable bonds is 5. The van der Waals surface area contributed by atoms with Crippen molar-refractivity contribution in [3.63, 3.8) is 0 Å². The molecule has 0 spiro atoms. The minimum absolute atomic E-state index is 0.127. The number of aromatic hydroxyl groups is 1. The van der Waals surface area contributed by atoms with E-state index in [2.05, 4.69) is 48.2 Å². The minimum atomic E-state index is 0.127. The summed E-state index contributed by atoms with van der Waals surface area (Å²) < 4.78 is 1.62. The molecule has 27 heavy (non-hydrogen) atoms. The molecule has 1 aromatic carbocycles. The fourth-order valence-electron chi connectivity index (χ4n) is 4.03. The summed E-state index contributed by atoms with van der Waals surface area (Å²) in [5, 5.41) is 15.4. The van der Waals surface area contributed by atoms with Crippen molar-refractivity contribution in [2.75, 3.05) is 32.7 Å². The molecule has 0 amide bonds. The fourth-order valence-corrected chi connectivity index (χ4v) is 5.19. The van der Waals surface area contributed by atoms with E-state index in [4.69, 9.17) is 0 Å². The first kappa shape index (κ1) is 18.4. The topological polar surface area (TPSA) is 59.3 Å². The number of hydrogen-bond donors (Lipinski definition) is 3. The molecule has 144 valence electrons. The number of nitrogens with zero attached hydrogens (tertiary/aromatic N) is 3. The molecule has 1 aliphatic rings. The number of piperazine rings is 1. The monoisotopic (exact) mass is 387 g/mol. The van der Waals surface area contributed by atoms with Gasteiger partial charge in [0.05, 0.1) is 6.54 Å². The van der Waals surface area contributed by atoms with Crippen LogP contribution in [0, 0.1) is 6.92 Å². The molecule has 3 N–H and O–H groups in total. The van der Waals surface area contributed by atoms with Gasteiger partial charge in [-0.3, -0.25) is 0 Å². The molecular formula is C20H29N5OS+2. The van der Waals surface area contributed by atoms with Crippen molar-refractivity contribution in [1.82, 2.24) is 14.6 Å². The van der Waals surface area contributed by atoms with E-state index in [0.717, 1.165) is 35.2 Å².